The summed E-state index contributed by atoms with van der Waals surface area (Å²) in [4.78, 5) is 32.5. The maximum atomic E-state index is 15.7. The monoisotopic (exact) mass is 555 g/mol. The number of benzene rings is 3. The van der Waals surface area contributed by atoms with Gasteiger partial charge >= 0.3 is 0 Å². The maximum absolute atomic E-state index is 15.7. The Labute approximate surface area is 238 Å². The zero-order valence-electron chi connectivity index (χ0n) is 23.7. The Kier molecular flexibility index (Phi) is 7.90. The van der Waals surface area contributed by atoms with E-state index in [2.05, 4.69) is 41.3 Å². The highest BCUT2D eigenvalue weighted by Gasteiger charge is 2.18. The van der Waals surface area contributed by atoms with Crippen molar-refractivity contribution in [1.82, 2.24) is 9.55 Å². The first-order chi connectivity index (χ1) is 19.6. The van der Waals surface area contributed by atoms with E-state index in [1.165, 1.54) is 16.8 Å². The second-order valence-electron chi connectivity index (χ2n) is 11.1. The molecule has 0 radical (unpaired) electrons. The Hall–Kier alpha value is -4.50. The number of nitrogens with one attached hydrogen (secondary N) is 2. The highest BCUT2D eigenvalue weighted by molar-refractivity contribution is 6.04. The third kappa shape index (κ3) is 6.30. The topological polar surface area (TPSA) is 88.5 Å². The van der Waals surface area contributed by atoms with Crippen molar-refractivity contribution in [2.24, 2.45) is 7.05 Å². The van der Waals surface area contributed by atoms with Gasteiger partial charge in [-0.2, -0.15) is 0 Å². The van der Waals surface area contributed by atoms with E-state index in [1.807, 2.05) is 36.4 Å². The van der Waals surface area contributed by atoms with Gasteiger partial charge in [-0.1, -0.05) is 39.0 Å². The highest BCUT2D eigenvalue weighted by Crippen LogP contribution is 2.28. The van der Waals surface area contributed by atoms with Crippen molar-refractivity contribution in [3.8, 4) is 11.3 Å². The molecule has 2 N–H and O–H groups in total. The number of aromatic nitrogens is 2. The van der Waals surface area contributed by atoms with E-state index in [4.69, 9.17) is 4.74 Å². The van der Waals surface area contributed by atoms with Gasteiger partial charge in [-0.3, -0.25) is 9.59 Å². The number of carbonyl (C=O) groups is 1. The number of halogens is 1. The summed E-state index contributed by atoms with van der Waals surface area (Å²) in [5.41, 5.74) is 3.32. The van der Waals surface area contributed by atoms with Crippen LogP contribution in [-0.2, 0) is 17.2 Å². The number of hydrogen-bond acceptors (Lipinski definition) is 6. The molecule has 0 atom stereocenters. The number of anilines is 4. The Morgan fingerprint density at radius 3 is 2.32 bits per heavy atom. The highest BCUT2D eigenvalue weighted by atomic mass is 19.1. The largest absolute Gasteiger partial charge is 0.378 e. The Balaban J connectivity index is 1.37. The molecule has 41 heavy (non-hydrogen) atoms. The van der Waals surface area contributed by atoms with Crippen LogP contribution >= 0.6 is 0 Å². The molecule has 5 rings (SSSR count). The summed E-state index contributed by atoms with van der Waals surface area (Å²) in [5.74, 6) is -0.992. The molecule has 0 spiro atoms. The average molecular weight is 556 g/mol. The molecule has 1 fully saturated rings. The van der Waals surface area contributed by atoms with Crippen LogP contribution in [0.1, 0.15) is 36.7 Å². The van der Waals surface area contributed by atoms with Crippen molar-refractivity contribution in [3.05, 3.63) is 100 Å². The van der Waals surface area contributed by atoms with E-state index >= 15 is 4.39 Å². The normalized spacial score (nSPS) is 13.6. The number of amides is 1. The SMILES string of the molecule is Cn1cc(-c2cccc(NC(=O)c3ccc(C(C)(C)C)cc3)c2F)nc(Nc2ccc(N3CCOCC3)cc2)c1=O. The molecular weight excluding hydrogens is 521 g/mol. The molecule has 1 amide bonds. The molecule has 1 aliphatic heterocycles. The summed E-state index contributed by atoms with van der Waals surface area (Å²) in [5, 5.41) is 5.75. The van der Waals surface area contributed by atoms with Crippen LogP contribution in [0.5, 0.6) is 0 Å². The summed E-state index contributed by atoms with van der Waals surface area (Å²) >= 11 is 0. The third-order valence-corrected chi connectivity index (χ3v) is 7.11. The zero-order valence-corrected chi connectivity index (χ0v) is 23.7. The standard InChI is InChI=1S/C32H34FN5O3/c1-32(2,3)22-10-8-21(9-11-22)30(39)36-26-7-5-6-25(28(26)33)27-20-37(4)31(40)29(35-27)34-23-12-14-24(15-13-23)38-16-18-41-19-17-38/h5-15,20H,16-19H2,1-4H3,(H,34,35)(H,36,39). The summed E-state index contributed by atoms with van der Waals surface area (Å²) < 4.78 is 22.5. The molecule has 212 valence electrons. The molecule has 3 aromatic carbocycles. The van der Waals surface area contributed by atoms with Crippen molar-refractivity contribution in [2.45, 2.75) is 26.2 Å². The number of aryl methyl sites for hydroxylation is 1. The maximum Gasteiger partial charge on any atom is 0.293 e. The molecule has 0 bridgehead atoms. The lowest BCUT2D eigenvalue weighted by Gasteiger charge is -2.28. The van der Waals surface area contributed by atoms with Gasteiger partial charge in [-0.15, -0.1) is 0 Å². The molecule has 2 heterocycles. The summed E-state index contributed by atoms with van der Waals surface area (Å²) in [6, 6.07) is 19.7. The lowest BCUT2D eigenvalue weighted by molar-refractivity contribution is 0.102. The Morgan fingerprint density at radius 2 is 1.66 bits per heavy atom. The van der Waals surface area contributed by atoms with Crippen LogP contribution in [0.2, 0.25) is 0 Å². The third-order valence-electron chi connectivity index (χ3n) is 7.11. The predicted octanol–water partition coefficient (Wildman–Crippen LogP) is 5.72. The Bertz CT molecular complexity index is 1600. The van der Waals surface area contributed by atoms with E-state index in [0.29, 0.717) is 24.5 Å². The van der Waals surface area contributed by atoms with Crippen LogP contribution in [0.25, 0.3) is 11.3 Å². The number of nitrogens with zero attached hydrogens (tertiary/aromatic N) is 3. The minimum Gasteiger partial charge on any atom is -0.378 e. The smallest absolute Gasteiger partial charge is 0.293 e. The van der Waals surface area contributed by atoms with Crippen molar-refractivity contribution in [2.75, 3.05) is 41.8 Å². The molecule has 0 aliphatic carbocycles. The number of morpholine rings is 1. The second kappa shape index (κ2) is 11.5. The van der Waals surface area contributed by atoms with E-state index in [0.717, 1.165) is 24.3 Å². The van der Waals surface area contributed by atoms with E-state index < -0.39 is 11.7 Å². The number of carbonyl (C=O) groups excluding carboxylic acids is 1. The van der Waals surface area contributed by atoms with Crippen molar-refractivity contribution < 1.29 is 13.9 Å². The van der Waals surface area contributed by atoms with Gasteiger partial charge in [0.25, 0.3) is 11.5 Å². The van der Waals surface area contributed by atoms with Gasteiger partial charge in [0.1, 0.15) is 0 Å². The van der Waals surface area contributed by atoms with Gasteiger partial charge < -0.3 is 24.8 Å². The van der Waals surface area contributed by atoms with Crippen LogP contribution in [-0.4, -0.2) is 41.8 Å². The first-order valence-electron chi connectivity index (χ1n) is 13.6. The minimum absolute atomic E-state index is 0.0243. The fourth-order valence-electron chi connectivity index (χ4n) is 4.67. The molecule has 1 aromatic heterocycles. The molecule has 0 unspecified atom stereocenters. The van der Waals surface area contributed by atoms with E-state index in [1.54, 1.807) is 31.3 Å². The number of rotatable bonds is 6. The van der Waals surface area contributed by atoms with Crippen molar-refractivity contribution in [3.63, 3.8) is 0 Å². The average Bonchev–Trinajstić information content (AvgIpc) is 2.97. The summed E-state index contributed by atoms with van der Waals surface area (Å²) in [7, 11) is 1.59. The van der Waals surface area contributed by atoms with Gasteiger partial charge in [-0.05, 0) is 59.5 Å². The van der Waals surface area contributed by atoms with Crippen molar-refractivity contribution >= 4 is 28.8 Å². The van der Waals surface area contributed by atoms with E-state index in [-0.39, 0.29) is 33.7 Å². The first kappa shape index (κ1) is 28.0. The minimum atomic E-state index is -0.640. The molecular formula is C32H34FN5O3. The van der Waals surface area contributed by atoms with Gasteiger partial charge in [0.05, 0.1) is 24.6 Å². The number of ether oxygens (including phenoxy) is 1. The molecule has 1 aliphatic rings. The van der Waals surface area contributed by atoms with Crippen LogP contribution in [0.15, 0.2) is 77.7 Å². The zero-order chi connectivity index (χ0) is 29.1. The summed E-state index contributed by atoms with van der Waals surface area (Å²) in [6.07, 6.45) is 1.48. The fraction of sp³-hybridized carbons (Fsp3) is 0.281. The van der Waals surface area contributed by atoms with Gasteiger partial charge in [0, 0.05) is 48.8 Å². The molecule has 4 aromatic rings. The first-order valence-corrected chi connectivity index (χ1v) is 13.6. The molecule has 1 saturated heterocycles. The van der Waals surface area contributed by atoms with Crippen molar-refractivity contribution in [1.29, 1.82) is 0 Å². The van der Waals surface area contributed by atoms with Crippen LogP contribution in [0.4, 0.5) is 27.3 Å². The van der Waals surface area contributed by atoms with Crippen LogP contribution in [0, 0.1) is 5.82 Å². The lowest BCUT2D eigenvalue weighted by atomic mass is 9.87. The molecule has 8 nitrogen and oxygen atoms in total. The lowest BCUT2D eigenvalue weighted by Crippen LogP contribution is -2.36. The van der Waals surface area contributed by atoms with Gasteiger partial charge in [0.15, 0.2) is 11.6 Å². The fourth-order valence-corrected chi connectivity index (χ4v) is 4.67. The van der Waals surface area contributed by atoms with Gasteiger partial charge in [0.2, 0.25) is 0 Å². The van der Waals surface area contributed by atoms with E-state index in [9.17, 15) is 9.59 Å². The quantitative estimate of drug-likeness (QED) is 0.317. The van der Waals surface area contributed by atoms with Crippen LogP contribution < -0.4 is 21.1 Å². The molecule has 9 heteroatoms. The Morgan fingerprint density at radius 1 is 0.976 bits per heavy atom. The number of hydrogen-bond donors (Lipinski definition) is 2. The summed E-state index contributed by atoms with van der Waals surface area (Å²) in [6.45, 7) is 9.33. The predicted molar refractivity (Wildman–Crippen MR) is 161 cm³/mol. The molecule has 0 saturated carbocycles. The second-order valence-corrected chi connectivity index (χ2v) is 11.1. The van der Waals surface area contributed by atoms with Gasteiger partial charge in [-0.25, -0.2) is 9.37 Å². The van der Waals surface area contributed by atoms with Crippen LogP contribution in [0.3, 0.4) is 0 Å².